The second kappa shape index (κ2) is 33.5. The summed E-state index contributed by atoms with van der Waals surface area (Å²) in [6, 6.07) is 29.2. The Bertz CT molecular complexity index is 2980. The molecule has 0 radical (unpaired) electrons. The molecule has 6 rings (SSSR count). The number of carbonyl (C=O) groups is 8. The monoisotopic (exact) mass is 1230 g/mol. The van der Waals surface area contributed by atoms with Crippen LogP contribution in [0.15, 0.2) is 115 Å². The van der Waals surface area contributed by atoms with Gasteiger partial charge in [0, 0.05) is 49.8 Å². The number of urea groups is 1. The molecule has 3 unspecified atom stereocenters. The third kappa shape index (κ3) is 21.5. The van der Waals surface area contributed by atoms with Gasteiger partial charge in [0.15, 0.2) is 0 Å². The number of nitrogens with zero attached hydrogens (tertiary/aromatic N) is 2. The van der Waals surface area contributed by atoms with Gasteiger partial charge in [0.25, 0.3) is 5.91 Å². The van der Waals surface area contributed by atoms with Crippen molar-refractivity contribution in [3.8, 4) is 11.1 Å². The van der Waals surface area contributed by atoms with Crippen molar-refractivity contribution in [1.82, 2.24) is 41.1 Å². The Labute approximate surface area is 526 Å². The highest BCUT2D eigenvalue weighted by Gasteiger charge is 2.47. The highest BCUT2D eigenvalue weighted by Crippen LogP contribution is 2.46. The van der Waals surface area contributed by atoms with Gasteiger partial charge in [0.1, 0.15) is 36.9 Å². The topological polar surface area (TPSA) is 260 Å². The van der Waals surface area contributed by atoms with Crippen molar-refractivity contribution in [2.24, 2.45) is 11.1 Å². The molecule has 2 aliphatic rings. The van der Waals surface area contributed by atoms with E-state index in [-0.39, 0.29) is 43.8 Å². The maximum Gasteiger partial charge on any atom is 0.410 e. The lowest BCUT2D eigenvalue weighted by Gasteiger charge is -2.42. The number of hydrogen-bond donors (Lipinski definition) is 7. The van der Waals surface area contributed by atoms with Crippen LogP contribution in [-0.4, -0.2) is 122 Å². The minimum atomic E-state index is -1.07. The fraction of sp³-hybridized carbons (Fsp3) is 0.500. The first-order chi connectivity index (χ1) is 41.4. The molecule has 4 aromatic rings. The first kappa shape index (κ1) is 72.6. The van der Waals surface area contributed by atoms with Crippen molar-refractivity contribution in [2.45, 2.75) is 175 Å². The van der Waals surface area contributed by atoms with Crippen molar-refractivity contribution < 1.29 is 47.8 Å². The molecule has 4 aromatic carbocycles. The van der Waals surface area contributed by atoms with Crippen molar-refractivity contribution >= 4 is 59.7 Å². The van der Waals surface area contributed by atoms with Gasteiger partial charge in [-0.15, -0.1) is 0 Å². The average Bonchev–Trinajstić information content (AvgIpc) is 1.77. The Hall–Kier alpha value is -7.87. The summed E-state index contributed by atoms with van der Waals surface area (Å²) in [4.78, 5) is 109. The quantitative estimate of drug-likeness (QED) is 0.0197. The molecule has 0 spiro atoms. The number of rotatable bonds is 24. The minimum Gasteiger partial charge on any atom is -0.449 e. The Balaban J connectivity index is 0.00000265. The highest BCUT2D eigenvalue weighted by atomic mass is 32.2. The van der Waals surface area contributed by atoms with Gasteiger partial charge in [0.2, 0.25) is 23.6 Å². The smallest absolute Gasteiger partial charge is 0.410 e. The molecule has 1 saturated carbocycles. The molecular weight excluding hydrogens is 1130 g/mol. The summed E-state index contributed by atoms with van der Waals surface area (Å²) >= 11 is 1.19. The minimum absolute atomic E-state index is 0.0716. The lowest BCUT2D eigenvalue weighted by molar-refractivity contribution is -0.140. The number of carbonyl (C=O) groups excluding carboxylic acids is 8. The van der Waals surface area contributed by atoms with Crippen molar-refractivity contribution in [3.63, 3.8) is 0 Å². The largest absolute Gasteiger partial charge is 0.449 e. The molecule has 2 aliphatic carbocycles. The molecule has 0 saturated heterocycles. The van der Waals surface area contributed by atoms with Crippen molar-refractivity contribution in [2.75, 3.05) is 40.3 Å². The summed E-state index contributed by atoms with van der Waals surface area (Å²) in [6.45, 7) is 24.6. The summed E-state index contributed by atoms with van der Waals surface area (Å²) in [7, 11) is 3.12. The molecule has 0 bridgehead atoms. The van der Waals surface area contributed by atoms with Crippen LogP contribution in [0.1, 0.15) is 162 Å². The number of amides is 9. The number of likely N-dealkylation sites (N-methyl/N-ethyl adjacent to an activating group) is 2. The van der Waals surface area contributed by atoms with Crippen LogP contribution < -0.4 is 37.0 Å². The molecule has 19 nitrogen and oxygen atoms in total. The third-order valence-electron chi connectivity index (χ3n) is 14.7. The number of nitrogens with one attached hydrogen (secondary N) is 6. The molecule has 480 valence electrons. The standard InChI is InChI=1S/C62H81N9O10S.2C3H8/c1-39(31-35-70(10)55(76)50(59(2,3)4)67-54(75)51(71(11)58(79)81-60(5,6)7)61(8,9)41-20-13-12-14-21-41)52(73)69-82-38-40-27-29-42(30-28-40)62(32-33-62)68-53(74)48(26-19-34-64-56(63)77)66-49(72)36-65-57(78)80-37-47-45-24-17-15-22-43(45)44-23-16-18-25-46(44)47;2*1-3-2/h12-18,20-25,27-31,47-48,50-51H,19,26,32-38H2,1-11H3,(H,65,78)(H,66,72)(H,67,75)(H,68,74)(H,69,73)(H3,63,64,77);2*3H2,1-2H3/b39-31+;;. The number of nitrogens with two attached hydrogens (primary N) is 1. The van der Waals surface area contributed by atoms with Crippen LogP contribution in [0.5, 0.6) is 0 Å². The van der Waals surface area contributed by atoms with Gasteiger partial charge >= 0.3 is 18.2 Å². The van der Waals surface area contributed by atoms with Gasteiger partial charge in [-0.3, -0.25) is 33.6 Å². The zero-order chi connectivity index (χ0) is 65.6. The predicted molar refractivity (Wildman–Crippen MR) is 349 cm³/mol. The normalized spacial score (nSPS) is 14.1. The Morgan fingerprint density at radius 2 is 1.30 bits per heavy atom. The zero-order valence-electron chi connectivity index (χ0n) is 54.4. The van der Waals surface area contributed by atoms with Gasteiger partial charge in [-0.25, -0.2) is 14.4 Å². The summed E-state index contributed by atoms with van der Waals surface area (Å²) in [5.41, 5.74) is 9.34. The van der Waals surface area contributed by atoms with Gasteiger partial charge in [0.05, 0.1) is 5.54 Å². The first-order valence-electron chi connectivity index (χ1n) is 30.4. The van der Waals surface area contributed by atoms with E-state index < -0.39 is 82.6 Å². The van der Waals surface area contributed by atoms with Crippen molar-refractivity contribution in [3.05, 3.63) is 143 Å². The predicted octanol–water partition coefficient (Wildman–Crippen LogP) is 10.5. The number of ether oxygens (including phenoxy) is 2. The van der Waals surface area contributed by atoms with Gasteiger partial charge < -0.3 is 46.7 Å². The zero-order valence-corrected chi connectivity index (χ0v) is 55.3. The molecule has 3 atom stereocenters. The molecule has 1 fully saturated rings. The summed E-state index contributed by atoms with van der Waals surface area (Å²) in [5, 5.41) is 13.9. The van der Waals surface area contributed by atoms with Crippen LogP contribution in [0.3, 0.4) is 0 Å². The second-order valence-electron chi connectivity index (χ2n) is 25.1. The van der Waals surface area contributed by atoms with E-state index >= 15 is 0 Å². The van der Waals surface area contributed by atoms with Crippen LogP contribution >= 0.6 is 11.9 Å². The fourth-order valence-corrected chi connectivity index (χ4v) is 10.7. The van der Waals surface area contributed by atoms with Crippen LogP contribution in [-0.2, 0) is 50.2 Å². The molecule has 0 heterocycles. The third-order valence-corrected chi connectivity index (χ3v) is 15.5. The fourth-order valence-electron chi connectivity index (χ4n) is 9.95. The molecule has 88 heavy (non-hydrogen) atoms. The van der Waals surface area contributed by atoms with Crippen LogP contribution in [0.2, 0.25) is 0 Å². The van der Waals surface area contributed by atoms with E-state index in [9.17, 15) is 38.4 Å². The number of benzene rings is 4. The van der Waals surface area contributed by atoms with E-state index in [4.69, 9.17) is 15.2 Å². The lowest BCUT2D eigenvalue weighted by Crippen LogP contribution is -2.62. The van der Waals surface area contributed by atoms with Gasteiger partial charge in [-0.05, 0) is 110 Å². The van der Waals surface area contributed by atoms with Gasteiger partial charge in [-0.1, -0.05) is 184 Å². The average molecular weight is 1230 g/mol. The Morgan fingerprint density at radius 3 is 1.83 bits per heavy atom. The number of primary amides is 1. The van der Waals surface area contributed by atoms with E-state index in [2.05, 4.69) is 59.0 Å². The van der Waals surface area contributed by atoms with E-state index in [0.29, 0.717) is 30.6 Å². The highest BCUT2D eigenvalue weighted by molar-refractivity contribution is 7.97. The molecule has 0 aromatic heterocycles. The van der Waals surface area contributed by atoms with Crippen LogP contribution in [0.25, 0.3) is 11.1 Å². The maximum atomic E-state index is 14.5. The Kier molecular flexibility index (Phi) is 27.6. The summed E-state index contributed by atoms with van der Waals surface area (Å²) in [5.74, 6) is -2.02. The van der Waals surface area contributed by atoms with E-state index in [1.807, 2.05) is 138 Å². The molecule has 20 heteroatoms. The number of hydrogen-bond acceptors (Lipinski definition) is 11. The molecule has 8 N–H and O–H groups in total. The van der Waals surface area contributed by atoms with E-state index in [1.54, 1.807) is 40.8 Å². The first-order valence-corrected chi connectivity index (χ1v) is 31.4. The van der Waals surface area contributed by atoms with E-state index in [0.717, 1.165) is 38.9 Å². The molecule has 0 aliphatic heterocycles. The summed E-state index contributed by atoms with van der Waals surface area (Å²) < 4.78 is 14.1. The van der Waals surface area contributed by atoms with Crippen LogP contribution in [0, 0.1) is 5.41 Å². The van der Waals surface area contributed by atoms with Crippen LogP contribution in [0.4, 0.5) is 14.4 Å². The SMILES string of the molecule is C/C(=C\CN(C)C(=O)C(NC(=O)C(N(C)C(=O)OC(C)(C)C)C(C)(C)c1ccccc1)C(C)(C)C)C(=O)NSCc1ccc(C2(NC(=O)C(CCCNC(N)=O)NC(=O)CNC(=O)OCC3c4ccccc4-c4ccccc43)CC2)cc1.CCC.CCC. The number of fused-ring (bicyclic) bond motifs is 3. The maximum absolute atomic E-state index is 14.5. The van der Waals surface area contributed by atoms with E-state index in [1.165, 1.54) is 41.6 Å². The van der Waals surface area contributed by atoms with Crippen molar-refractivity contribution in [1.29, 1.82) is 0 Å². The molecular formula is C68H97N9O10S. The number of alkyl carbamates (subject to hydrolysis) is 1. The van der Waals surface area contributed by atoms with Gasteiger partial charge in [-0.2, -0.15) is 0 Å². The Morgan fingerprint density at radius 1 is 0.739 bits per heavy atom. The lowest BCUT2D eigenvalue weighted by atomic mass is 9.76. The summed E-state index contributed by atoms with van der Waals surface area (Å²) in [6.07, 6.45) is 4.51. The second-order valence-corrected chi connectivity index (χ2v) is 25.9. The molecule has 9 amide bonds.